The van der Waals surface area contributed by atoms with E-state index in [0.29, 0.717) is 13.2 Å². The van der Waals surface area contributed by atoms with Gasteiger partial charge < -0.3 is 42.6 Å². The standard InChI is InChI=1S/C28H48O9/c1-20(22(35-25-11-5-15-30-25)18-34-24-10-4-14-29-24)28(37-27-13-7-17-32-27)23(36-26-12-6-16-31-26)19-33-21-8-2-3-9-21/h20-28H,2-19H2,1H3. The number of hydrogen-bond acceptors (Lipinski definition) is 9. The Morgan fingerprint density at radius 2 is 1.03 bits per heavy atom. The normalized spacial score (nSPS) is 34.3. The van der Waals surface area contributed by atoms with Crippen LogP contribution in [0.2, 0.25) is 0 Å². The van der Waals surface area contributed by atoms with Gasteiger partial charge in [-0.3, -0.25) is 0 Å². The molecule has 9 heteroatoms. The minimum absolute atomic E-state index is 0.0617. The van der Waals surface area contributed by atoms with E-state index in [-0.39, 0.29) is 55.5 Å². The van der Waals surface area contributed by atoms with E-state index < -0.39 is 0 Å². The first-order valence-corrected chi connectivity index (χ1v) is 14.9. The van der Waals surface area contributed by atoms with Gasteiger partial charge in [0.15, 0.2) is 25.2 Å². The summed E-state index contributed by atoms with van der Waals surface area (Å²) in [5, 5.41) is 0. The number of ether oxygens (including phenoxy) is 9. The van der Waals surface area contributed by atoms with Gasteiger partial charge in [0.25, 0.3) is 0 Å². The first-order valence-electron chi connectivity index (χ1n) is 14.9. The van der Waals surface area contributed by atoms with Gasteiger partial charge in [-0.1, -0.05) is 19.8 Å². The van der Waals surface area contributed by atoms with Gasteiger partial charge in [0.1, 0.15) is 6.10 Å². The van der Waals surface area contributed by atoms with Crippen LogP contribution in [0.15, 0.2) is 0 Å². The lowest BCUT2D eigenvalue weighted by Crippen LogP contribution is -2.49. The molecule has 8 atom stereocenters. The predicted molar refractivity (Wildman–Crippen MR) is 134 cm³/mol. The van der Waals surface area contributed by atoms with Crippen molar-refractivity contribution < 1.29 is 42.6 Å². The quantitative estimate of drug-likeness (QED) is 0.309. The highest BCUT2D eigenvalue weighted by atomic mass is 16.7. The van der Waals surface area contributed by atoms with Crippen molar-refractivity contribution >= 4 is 0 Å². The molecule has 0 aromatic rings. The maximum atomic E-state index is 6.69. The van der Waals surface area contributed by atoms with Gasteiger partial charge in [-0.15, -0.1) is 0 Å². The van der Waals surface area contributed by atoms with Crippen molar-refractivity contribution in [2.45, 2.75) is 134 Å². The summed E-state index contributed by atoms with van der Waals surface area (Å²) >= 11 is 0. The van der Waals surface area contributed by atoms with Crippen LogP contribution >= 0.6 is 0 Å². The maximum Gasteiger partial charge on any atom is 0.158 e. The molecule has 1 aliphatic carbocycles. The first-order chi connectivity index (χ1) is 18.2. The molecular weight excluding hydrogens is 480 g/mol. The summed E-state index contributed by atoms with van der Waals surface area (Å²) in [7, 11) is 0. The third-order valence-electron chi connectivity index (χ3n) is 8.23. The second-order valence-electron chi connectivity index (χ2n) is 11.2. The average Bonchev–Trinajstić information content (AvgIpc) is 3.75. The van der Waals surface area contributed by atoms with Crippen LogP contribution in [-0.2, 0) is 42.6 Å². The summed E-state index contributed by atoms with van der Waals surface area (Å²) in [5.41, 5.74) is 0. The lowest BCUT2D eigenvalue weighted by Gasteiger charge is -2.38. The molecule has 5 aliphatic rings. The zero-order valence-electron chi connectivity index (χ0n) is 22.6. The number of rotatable bonds is 15. The zero-order valence-corrected chi connectivity index (χ0v) is 22.6. The summed E-state index contributed by atoms with van der Waals surface area (Å²) in [5.74, 6) is -0.0617. The van der Waals surface area contributed by atoms with Crippen molar-refractivity contribution in [3.05, 3.63) is 0 Å². The van der Waals surface area contributed by atoms with E-state index in [9.17, 15) is 0 Å². The molecule has 5 fully saturated rings. The summed E-state index contributed by atoms with van der Waals surface area (Å²) in [6.45, 7) is 5.97. The summed E-state index contributed by atoms with van der Waals surface area (Å²) < 4.78 is 55.8. The van der Waals surface area contributed by atoms with E-state index >= 15 is 0 Å². The highest BCUT2D eigenvalue weighted by molar-refractivity contribution is 4.85. The molecule has 5 rings (SSSR count). The Kier molecular flexibility index (Phi) is 11.3. The third kappa shape index (κ3) is 8.56. The Morgan fingerprint density at radius 3 is 1.57 bits per heavy atom. The van der Waals surface area contributed by atoms with Crippen molar-refractivity contribution in [2.24, 2.45) is 5.92 Å². The largest absolute Gasteiger partial charge is 0.375 e. The molecular formula is C28H48O9. The van der Waals surface area contributed by atoms with E-state index in [4.69, 9.17) is 42.6 Å². The Balaban J connectivity index is 1.31. The minimum atomic E-state index is -0.312. The molecule has 4 aliphatic heterocycles. The third-order valence-corrected chi connectivity index (χ3v) is 8.23. The molecule has 4 saturated heterocycles. The predicted octanol–water partition coefficient (Wildman–Crippen LogP) is 4.30. The molecule has 0 N–H and O–H groups in total. The maximum absolute atomic E-state index is 6.69. The molecule has 0 amide bonds. The lowest BCUT2D eigenvalue weighted by atomic mass is 9.93. The molecule has 37 heavy (non-hydrogen) atoms. The molecule has 0 bridgehead atoms. The summed E-state index contributed by atoms with van der Waals surface area (Å²) in [6.07, 6.45) is 10.8. The monoisotopic (exact) mass is 528 g/mol. The van der Waals surface area contributed by atoms with E-state index in [0.717, 1.165) is 90.6 Å². The fraction of sp³-hybridized carbons (Fsp3) is 1.00. The molecule has 0 aromatic carbocycles. The van der Waals surface area contributed by atoms with E-state index in [1.165, 1.54) is 12.8 Å². The topological polar surface area (TPSA) is 83.1 Å². The summed E-state index contributed by atoms with van der Waals surface area (Å²) in [4.78, 5) is 0. The van der Waals surface area contributed by atoms with Crippen LogP contribution in [0.25, 0.3) is 0 Å². The van der Waals surface area contributed by atoms with Gasteiger partial charge in [-0.2, -0.15) is 0 Å². The Hall–Kier alpha value is -0.360. The van der Waals surface area contributed by atoms with Crippen molar-refractivity contribution in [1.82, 2.24) is 0 Å². The van der Waals surface area contributed by atoms with Gasteiger partial charge in [-0.25, -0.2) is 0 Å². The van der Waals surface area contributed by atoms with Gasteiger partial charge in [0, 0.05) is 58.0 Å². The Morgan fingerprint density at radius 1 is 0.541 bits per heavy atom. The van der Waals surface area contributed by atoms with Crippen LogP contribution in [0.4, 0.5) is 0 Å². The molecule has 4 heterocycles. The second kappa shape index (κ2) is 14.9. The number of hydrogen-bond donors (Lipinski definition) is 0. The first kappa shape index (κ1) is 28.2. The lowest BCUT2D eigenvalue weighted by molar-refractivity contribution is -0.260. The Labute approximate surface area is 222 Å². The van der Waals surface area contributed by atoms with Crippen LogP contribution in [0.5, 0.6) is 0 Å². The molecule has 214 valence electrons. The summed E-state index contributed by atoms with van der Waals surface area (Å²) in [6, 6.07) is 0. The van der Waals surface area contributed by atoms with Gasteiger partial charge in [0.2, 0.25) is 0 Å². The second-order valence-corrected chi connectivity index (χ2v) is 11.2. The fourth-order valence-electron chi connectivity index (χ4n) is 5.99. The van der Waals surface area contributed by atoms with E-state index in [1.807, 2.05) is 0 Å². The van der Waals surface area contributed by atoms with Crippen molar-refractivity contribution in [1.29, 1.82) is 0 Å². The zero-order chi connectivity index (χ0) is 25.3. The average molecular weight is 529 g/mol. The molecule has 9 nitrogen and oxygen atoms in total. The van der Waals surface area contributed by atoms with E-state index in [2.05, 4.69) is 6.92 Å². The van der Waals surface area contributed by atoms with Gasteiger partial charge in [-0.05, 0) is 38.5 Å². The Bertz CT molecular complexity index is 621. The van der Waals surface area contributed by atoms with Crippen LogP contribution in [0.1, 0.15) is 84.0 Å². The van der Waals surface area contributed by atoms with E-state index in [1.54, 1.807) is 0 Å². The molecule has 8 unspecified atom stereocenters. The van der Waals surface area contributed by atoms with Crippen molar-refractivity contribution in [2.75, 3.05) is 39.6 Å². The highest BCUT2D eigenvalue weighted by Crippen LogP contribution is 2.31. The molecule has 0 aromatic heterocycles. The van der Waals surface area contributed by atoms with Gasteiger partial charge in [0.05, 0.1) is 31.5 Å². The minimum Gasteiger partial charge on any atom is -0.375 e. The van der Waals surface area contributed by atoms with Crippen LogP contribution in [0.3, 0.4) is 0 Å². The molecule has 0 radical (unpaired) electrons. The smallest absolute Gasteiger partial charge is 0.158 e. The van der Waals surface area contributed by atoms with Crippen molar-refractivity contribution in [3.63, 3.8) is 0 Å². The van der Waals surface area contributed by atoms with Crippen LogP contribution in [-0.4, -0.2) is 89.2 Å². The van der Waals surface area contributed by atoms with Gasteiger partial charge >= 0.3 is 0 Å². The fourth-order valence-corrected chi connectivity index (χ4v) is 5.99. The highest BCUT2D eigenvalue weighted by Gasteiger charge is 2.41. The van der Waals surface area contributed by atoms with Crippen LogP contribution in [0, 0.1) is 5.92 Å². The SMILES string of the molecule is CC(C(COC1CCCO1)OC1CCCO1)C(OC1CCCO1)C(COC1CCCC1)OC1CCCO1. The molecule has 1 saturated carbocycles. The molecule has 0 spiro atoms. The van der Waals surface area contributed by atoms with Crippen molar-refractivity contribution in [3.8, 4) is 0 Å². The van der Waals surface area contributed by atoms with Crippen LogP contribution < -0.4 is 0 Å².